The molecule has 1 N–H and O–H groups in total. The predicted molar refractivity (Wildman–Crippen MR) is 49.6 cm³/mol. The first-order chi connectivity index (χ1) is 5.68. The van der Waals surface area contributed by atoms with Crippen LogP contribution in [0.2, 0.25) is 0 Å². The molecule has 0 aliphatic heterocycles. The fraction of sp³-hybridized carbons (Fsp3) is 0.800. The molecule has 0 bridgehead atoms. The van der Waals surface area contributed by atoms with Crippen LogP contribution in [0.25, 0.3) is 0 Å². The van der Waals surface area contributed by atoms with Gasteiger partial charge < -0.3 is 5.32 Å². The van der Waals surface area contributed by atoms with Gasteiger partial charge in [-0.25, -0.2) is 0 Å². The molecule has 0 aromatic heterocycles. The lowest BCUT2D eigenvalue weighted by molar-refractivity contribution is -0.118. The van der Waals surface area contributed by atoms with Gasteiger partial charge in [0.2, 0.25) is 5.91 Å². The highest BCUT2D eigenvalue weighted by atomic mass is 16.1. The van der Waals surface area contributed by atoms with Crippen LogP contribution in [0.1, 0.15) is 39.5 Å². The van der Waals surface area contributed by atoms with Gasteiger partial charge in [0.05, 0.1) is 0 Å². The van der Waals surface area contributed by atoms with E-state index in [0.717, 1.165) is 18.9 Å². The van der Waals surface area contributed by atoms with E-state index in [9.17, 15) is 4.79 Å². The molecule has 12 heavy (non-hydrogen) atoms. The van der Waals surface area contributed by atoms with Crippen molar-refractivity contribution in [1.29, 1.82) is 0 Å². The number of hydrogen-bond donors (Lipinski definition) is 1. The molecular weight excluding hydrogens is 150 g/mol. The number of carbonyl (C=O) groups is 1. The van der Waals surface area contributed by atoms with Gasteiger partial charge in [0.1, 0.15) is 0 Å². The average Bonchev–Trinajstić information content (AvgIpc) is 2.70. The molecule has 1 aliphatic carbocycles. The third-order valence-electron chi connectivity index (χ3n) is 2.26. The van der Waals surface area contributed by atoms with Crippen LogP contribution in [0, 0.1) is 11.8 Å². The summed E-state index contributed by atoms with van der Waals surface area (Å²) < 4.78 is 0. The van der Waals surface area contributed by atoms with Crippen LogP contribution < -0.4 is 5.32 Å². The van der Waals surface area contributed by atoms with Crippen LogP contribution >= 0.6 is 0 Å². The second-order valence-electron chi connectivity index (χ2n) is 3.84. The Hall–Kier alpha value is -0.530. The summed E-state index contributed by atoms with van der Waals surface area (Å²) in [6.45, 7) is 4.57. The first kappa shape index (κ1) is 9.56. The van der Waals surface area contributed by atoms with E-state index in [2.05, 4.69) is 12.2 Å². The van der Waals surface area contributed by atoms with Crippen molar-refractivity contribution in [2.45, 2.75) is 39.5 Å². The quantitative estimate of drug-likeness (QED) is 0.667. The zero-order valence-corrected chi connectivity index (χ0v) is 8.02. The molecule has 1 radical (unpaired) electrons. The molecule has 0 saturated heterocycles. The van der Waals surface area contributed by atoms with Crippen LogP contribution in [-0.2, 0) is 4.79 Å². The van der Waals surface area contributed by atoms with Crippen LogP contribution in [0.3, 0.4) is 0 Å². The molecule has 0 spiro atoms. The molecule has 0 unspecified atom stereocenters. The lowest BCUT2D eigenvalue weighted by Crippen LogP contribution is -2.22. The van der Waals surface area contributed by atoms with Crippen molar-refractivity contribution in [2.75, 3.05) is 6.54 Å². The van der Waals surface area contributed by atoms with E-state index in [-0.39, 0.29) is 5.91 Å². The monoisotopic (exact) mass is 168 g/mol. The summed E-state index contributed by atoms with van der Waals surface area (Å²) in [6.07, 6.45) is 5.16. The summed E-state index contributed by atoms with van der Waals surface area (Å²) in [6, 6.07) is 0. The van der Waals surface area contributed by atoms with E-state index in [1.807, 2.05) is 0 Å². The first-order valence-corrected chi connectivity index (χ1v) is 4.74. The van der Waals surface area contributed by atoms with Crippen LogP contribution in [0.5, 0.6) is 0 Å². The zero-order chi connectivity index (χ0) is 8.97. The van der Waals surface area contributed by atoms with Crippen molar-refractivity contribution in [3.05, 3.63) is 5.92 Å². The van der Waals surface area contributed by atoms with Gasteiger partial charge in [0.25, 0.3) is 0 Å². The summed E-state index contributed by atoms with van der Waals surface area (Å²) in [4.78, 5) is 10.5. The SMILES string of the molecule is C[C](CCNC(C)=O)CC1CC1. The molecule has 2 heteroatoms. The van der Waals surface area contributed by atoms with E-state index in [1.165, 1.54) is 25.2 Å². The minimum Gasteiger partial charge on any atom is -0.356 e. The van der Waals surface area contributed by atoms with E-state index in [4.69, 9.17) is 0 Å². The molecule has 0 atom stereocenters. The molecule has 2 nitrogen and oxygen atoms in total. The summed E-state index contributed by atoms with van der Waals surface area (Å²) in [7, 11) is 0. The molecule has 1 saturated carbocycles. The maximum atomic E-state index is 10.5. The Morgan fingerprint density at radius 1 is 1.42 bits per heavy atom. The van der Waals surface area contributed by atoms with Crippen LogP contribution in [0.4, 0.5) is 0 Å². The van der Waals surface area contributed by atoms with Crippen LogP contribution in [0.15, 0.2) is 0 Å². The van der Waals surface area contributed by atoms with E-state index >= 15 is 0 Å². The topological polar surface area (TPSA) is 29.1 Å². The van der Waals surface area contributed by atoms with Gasteiger partial charge in [-0.2, -0.15) is 0 Å². The fourth-order valence-electron chi connectivity index (χ4n) is 1.37. The summed E-state index contributed by atoms with van der Waals surface area (Å²) in [5.41, 5.74) is 0. The van der Waals surface area contributed by atoms with Gasteiger partial charge in [-0.15, -0.1) is 0 Å². The van der Waals surface area contributed by atoms with Crippen molar-refractivity contribution in [1.82, 2.24) is 5.32 Å². The second kappa shape index (κ2) is 4.48. The van der Waals surface area contributed by atoms with Crippen molar-refractivity contribution < 1.29 is 4.79 Å². The van der Waals surface area contributed by atoms with Crippen molar-refractivity contribution in [3.63, 3.8) is 0 Å². The second-order valence-corrected chi connectivity index (χ2v) is 3.84. The molecule has 1 aliphatic rings. The Kier molecular flexibility index (Phi) is 3.57. The van der Waals surface area contributed by atoms with E-state index in [0.29, 0.717) is 0 Å². The summed E-state index contributed by atoms with van der Waals surface area (Å²) in [5.74, 6) is 2.59. The standard InChI is InChI=1S/C10H18NO/c1-8(7-10-3-4-10)5-6-11-9(2)12/h10H,3-7H2,1-2H3,(H,11,12). The Morgan fingerprint density at radius 3 is 2.58 bits per heavy atom. The molecular formula is C10H18NO. The zero-order valence-electron chi connectivity index (χ0n) is 8.02. The van der Waals surface area contributed by atoms with Crippen molar-refractivity contribution in [2.24, 2.45) is 5.92 Å². The smallest absolute Gasteiger partial charge is 0.216 e. The molecule has 1 rings (SSSR count). The Morgan fingerprint density at radius 2 is 2.08 bits per heavy atom. The highest BCUT2D eigenvalue weighted by molar-refractivity contribution is 5.72. The number of hydrogen-bond acceptors (Lipinski definition) is 1. The highest BCUT2D eigenvalue weighted by Crippen LogP contribution is 2.36. The van der Waals surface area contributed by atoms with Gasteiger partial charge >= 0.3 is 0 Å². The lowest BCUT2D eigenvalue weighted by atomic mass is 10.0. The van der Waals surface area contributed by atoms with E-state index < -0.39 is 0 Å². The van der Waals surface area contributed by atoms with E-state index in [1.54, 1.807) is 6.92 Å². The van der Waals surface area contributed by atoms with Gasteiger partial charge in [-0.3, -0.25) is 4.79 Å². The number of carbonyl (C=O) groups excluding carboxylic acids is 1. The number of nitrogens with one attached hydrogen (secondary N) is 1. The average molecular weight is 168 g/mol. The number of amides is 1. The van der Waals surface area contributed by atoms with Gasteiger partial charge in [-0.1, -0.05) is 19.8 Å². The van der Waals surface area contributed by atoms with Crippen molar-refractivity contribution in [3.8, 4) is 0 Å². The Balaban J connectivity index is 1.93. The fourth-order valence-corrected chi connectivity index (χ4v) is 1.37. The third-order valence-corrected chi connectivity index (χ3v) is 2.26. The number of rotatable bonds is 5. The van der Waals surface area contributed by atoms with Crippen molar-refractivity contribution >= 4 is 5.91 Å². The van der Waals surface area contributed by atoms with Crippen LogP contribution in [-0.4, -0.2) is 12.5 Å². The first-order valence-electron chi connectivity index (χ1n) is 4.74. The maximum Gasteiger partial charge on any atom is 0.216 e. The molecule has 1 fully saturated rings. The Labute approximate surface area is 74.7 Å². The predicted octanol–water partition coefficient (Wildman–Crippen LogP) is 1.91. The lowest BCUT2D eigenvalue weighted by Gasteiger charge is -2.09. The van der Waals surface area contributed by atoms with Gasteiger partial charge in [0, 0.05) is 13.5 Å². The highest BCUT2D eigenvalue weighted by Gasteiger charge is 2.23. The minimum atomic E-state index is 0.0780. The Bertz CT molecular complexity index is 152. The molecule has 0 heterocycles. The molecule has 0 aromatic rings. The largest absolute Gasteiger partial charge is 0.356 e. The molecule has 1 amide bonds. The molecule has 69 valence electrons. The van der Waals surface area contributed by atoms with Gasteiger partial charge in [0.15, 0.2) is 0 Å². The minimum absolute atomic E-state index is 0.0780. The summed E-state index contributed by atoms with van der Waals surface area (Å²) >= 11 is 0. The van der Waals surface area contributed by atoms with Gasteiger partial charge in [-0.05, 0) is 24.7 Å². The third kappa shape index (κ3) is 4.37. The molecule has 0 aromatic carbocycles. The summed E-state index contributed by atoms with van der Waals surface area (Å²) in [5, 5.41) is 2.81. The normalized spacial score (nSPS) is 16.6. The maximum absolute atomic E-state index is 10.5.